The van der Waals surface area contributed by atoms with Crippen LogP contribution in [0.5, 0.6) is 0 Å². The maximum absolute atomic E-state index is 11.8. The third-order valence-corrected chi connectivity index (χ3v) is 2.37. The first-order valence-corrected chi connectivity index (χ1v) is 5.16. The number of hydrogen-bond acceptors (Lipinski definition) is 3. The topological polar surface area (TPSA) is 42.9 Å². The van der Waals surface area contributed by atoms with Crippen LogP contribution in [0.2, 0.25) is 0 Å². The highest BCUT2D eigenvalue weighted by Crippen LogP contribution is 2.13. The molecule has 0 saturated carbocycles. The first-order valence-electron chi connectivity index (χ1n) is 5.16. The molecule has 0 aliphatic rings. The Hall–Kier alpha value is -2.03. The normalized spacial score (nSPS) is 10.2. The molecule has 0 fully saturated rings. The number of allylic oxidation sites excluding steroid dienone is 1. The monoisotopic (exact) mass is 212 g/mol. The molecule has 2 rings (SSSR count). The van der Waals surface area contributed by atoms with Crippen LogP contribution < -0.4 is 0 Å². The molecule has 3 heteroatoms. The molecule has 0 N–H and O–H groups in total. The summed E-state index contributed by atoms with van der Waals surface area (Å²) >= 11 is 0. The lowest BCUT2D eigenvalue weighted by Crippen LogP contribution is -1.98. The predicted molar refractivity (Wildman–Crippen MR) is 63.3 cm³/mol. The predicted octanol–water partition coefficient (Wildman–Crippen LogP) is 2.78. The zero-order chi connectivity index (χ0) is 11.4. The van der Waals surface area contributed by atoms with Crippen LogP contribution in [-0.2, 0) is 0 Å². The Labute approximate surface area is 93.8 Å². The van der Waals surface area contributed by atoms with Gasteiger partial charge in [-0.3, -0.25) is 14.8 Å². The molecule has 80 valence electrons. The van der Waals surface area contributed by atoms with Crippen molar-refractivity contribution in [1.82, 2.24) is 9.97 Å². The van der Waals surface area contributed by atoms with Crippen LogP contribution in [-0.4, -0.2) is 15.8 Å². The summed E-state index contributed by atoms with van der Waals surface area (Å²) in [5.74, 6) is 0.118. The molecule has 0 atom stereocenters. The fourth-order valence-electron chi connectivity index (χ4n) is 1.51. The van der Waals surface area contributed by atoms with E-state index in [0.29, 0.717) is 18.4 Å². The highest BCUT2D eigenvalue weighted by molar-refractivity contribution is 5.98. The van der Waals surface area contributed by atoms with E-state index in [4.69, 9.17) is 0 Å². The van der Waals surface area contributed by atoms with E-state index < -0.39 is 0 Å². The number of fused-ring (bicyclic) bond motifs is 1. The third-order valence-electron chi connectivity index (χ3n) is 2.37. The maximum atomic E-state index is 11.8. The molecule has 0 saturated heterocycles. The number of aromatic nitrogens is 2. The molecule has 3 nitrogen and oxygen atoms in total. The number of hydrogen-bond donors (Lipinski definition) is 0. The van der Waals surface area contributed by atoms with Gasteiger partial charge in [-0.05, 0) is 24.6 Å². The van der Waals surface area contributed by atoms with Crippen molar-refractivity contribution in [3.05, 3.63) is 48.8 Å². The molecule has 0 aliphatic heterocycles. The van der Waals surface area contributed by atoms with E-state index in [1.165, 1.54) is 0 Å². The van der Waals surface area contributed by atoms with Crippen LogP contribution in [0.1, 0.15) is 23.2 Å². The number of Topliss-reactive ketones (excluding diaryl/α,β-unsaturated/α-hetero) is 1. The summed E-state index contributed by atoms with van der Waals surface area (Å²) in [6, 6.07) is 5.40. The second kappa shape index (κ2) is 4.66. The summed E-state index contributed by atoms with van der Waals surface area (Å²) in [4.78, 5) is 20.1. The molecular weight excluding hydrogens is 200 g/mol. The standard InChI is InChI=1S/C13H12N2O/c1-2-3-4-13(16)10-5-6-11-12(9-10)15-8-7-14-11/h2,5-9H,1,3-4H2. The van der Waals surface area contributed by atoms with E-state index in [1.54, 1.807) is 30.6 Å². The summed E-state index contributed by atoms with van der Waals surface area (Å²) in [7, 11) is 0. The van der Waals surface area contributed by atoms with E-state index in [9.17, 15) is 4.79 Å². The fraction of sp³-hybridized carbons (Fsp3) is 0.154. The number of ketones is 1. The van der Waals surface area contributed by atoms with Crippen LogP contribution in [0.15, 0.2) is 43.2 Å². The average molecular weight is 212 g/mol. The van der Waals surface area contributed by atoms with Crippen molar-refractivity contribution >= 4 is 16.8 Å². The van der Waals surface area contributed by atoms with Gasteiger partial charge >= 0.3 is 0 Å². The van der Waals surface area contributed by atoms with Gasteiger partial charge in [0.05, 0.1) is 11.0 Å². The minimum Gasteiger partial charge on any atom is -0.294 e. The summed E-state index contributed by atoms with van der Waals surface area (Å²) in [6.45, 7) is 3.60. The summed E-state index contributed by atoms with van der Waals surface area (Å²) < 4.78 is 0. The van der Waals surface area contributed by atoms with E-state index in [1.807, 2.05) is 6.07 Å². The van der Waals surface area contributed by atoms with Gasteiger partial charge in [-0.25, -0.2) is 0 Å². The van der Waals surface area contributed by atoms with Gasteiger partial charge in [-0.2, -0.15) is 0 Å². The molecule has 0 radical (unpaired) electrons. The largest absolute Gasteiger partial charge is 0.294 e. The van der Waals surface area contributed by atoms with E-state index in [2.05, 4.69) is 16.5 Å². The Morgan fingerprint density at radius 2 is 2.00 bits per heavy atom. The molecule has 0 unspecified atom stereocenters. The fourth-order valence-corrected chi connectivity index (χ4v) is 1.51. The lowest BCUT2D eigenvalue weighted by molar-refractivity contribution is 0.0984. The molecule has 2 aromatic rings. The Kier molecular flexibility index (Phi) is 3.05. The lowest BCUT2D eigenvalue weighted by atomic mass is 10.1. The van der Waals surface area contributed by atoms with Gasteiger partial charge in [0.15, 0.2) is 5.78 Å². The highest BCUT2D eigenvalue weighted by atomic mass is 16.1. The van der Waals surface area contributed by atoms with Gasteiger partial charge in [-0.15, -0.1) is 6.58 Å². The number of rotatable bonds is 4. The number of nitrogens with zero attached hydrogens (tertiary/aromatic N) is 2. The molecular formula is C13H12N2O. The zero-order valence-corrected chi connectivity index (χ0v) is 8.89. The molecule has 1 heterocycles. The molecule has 0 aliphatic carbocycles. The first-order chi connectivity index (χ1) is 7.81. The Morgan fingerprint density at radius 1 is 1.25 bits per heavy atom. The van der Waals surface area contributed by atoms with Crippen molar-refractivity contribution in [1.29, 1.82) is 0 Å². The van der Waals surface area contributed by atoms with Crippen molar-refractivity contribution < 1.29 is 4.79 Å². The lowest BCUT2D eigenvalue weighted by Gasteiger charge is -2.00. The second-order valence-corrected chi connectivity index (χ2v) is 3.51. The van der Waals surface area contributed by atoms with Gasteiger partial charge in [0, 0.05) is 24.4 Å². The van der Waals surface area contributed by atoms with Gasteiger partial charge in [0.1, 0.15) is 0 Å². The van der Waals surface area contributed by atoms with Crippen molar-refractivity contribution in [3.8, 4) is 0 Å². The van der Waals surface area contributed by atoms with Gasteiger partial charge in [0.2, 0.25) is 0 Å². The molecule has 1 aromatic heterocycles. The second-order valence-electron chi connectivity index (χ2n) is 3.51. The SMILES string of the molecule is C=CCCC(=O)c1ccc2nccnc2c1. The Morgan fingerprint density at radius 3 is 2.75 bits per heavy atom. The highest BCUT2D eigenvalue weighted by Gasteiger charge is 2.06. The van der Waals surface area contributed by atoms with Gasteiger partial charge in [0.25, 0.3) is 0 Å². The molecule has 16 heavy (non-hydrogen) atoms. The van der Waals surface area contributed by atoms with Crippen LogP contribution in [0.25, 0.3) is 11.0 Å². The summed E-state index contributed by atoms with van der Waals surface area (Å²) in [5.41, 5.74) is 2.25. The van der Waals surface area contributed by atoms with Crippen LogP contribution >= 0.6 is 0 Å². The number of carbonyl (C=O) groups excluding carboxylic acids is 1. The van der Waals surface area contributed by atoms with Crippen molar-refractivity contribution in [3.63, 3.8) is 0 Å². The van der Waals surface area contributed by atoms with Gasteiger partial charge < -0.3 is 0 Å². The van der Waals surface area contributed by atoms with Gasteiger partial charge in [-0.1, -0.05) is 6.08 Å². The maximum Gasteiger partial charge on any atom is 0.163 e. The first kappa shape index (κ1) is 10.5. The zero-order valence-electron chi connectivity index (χ0n) is 8.89. The molecule has 1 aromatic carbocycles. The minimum atomic E-state index is 0.118. The molecule has 0 spiro atoms. The third kappa shape index (κ3) is 2.14. The van der Waals surface area contributed by atoms with Crippen molar-refractivity contribution in [2.24, 2.45) is 0 Å². The average Bonchev–Trinajstić information content (AvgIpc) is 2.35. The Balaban J connectivity index is 2.32. The van der Waals surface area contributed by atoms with Crippen LogP contribution in [0, 0.1) is 0 Å². The molecule has 0 amide bonds. The minimum absolute atomic E-state index is 0.118. The summed E-state index contributed by atoms with van der Waals surface area (Å²) in [6.07, 6.45) is 6.22. The smallest absolute Gasteiger partial charge is 0.163 e. The van der Waals surface area contributed by atoms with Crippen LogP contribution in [0.3, 0.4) is 0 Å². The van der Waals surface area contributed by atoms with Crippen LogP contribution in [0.4, 0.5) is 0 Å². The van der Waals surface area contributed by atoms with E-state index in [0.717, 1.165) is 11.0 Å². The molecule has 0 bridgehead atoms. The number of benzene rings is 1. The quantitative estimate of drug-likeness (QED) is 0.578. The number of carbonyl (C=O) groups is 1. The summed E-state index contributed by atoms with van der Waals surface area (Å²) in [5, 5.41) is 0. The Bertz CT molecular complexity index is 534. The van der Waals surface area contributed by atoms with Crippen molar-refractivity contribution in [2.45, 2.75) is 12.8 Å². The van der Waals surface area contributed by atoms with E-state index >= 15 is 0 Å². The van der Waals surface area contributed by atoms with Crippen molar-refractivity contribution in [2.75, 3.05) is 0 Å². The van der Waals surface area contributed by atoms with E-state index in [-0.39, 0.29) is 5.78 Å².